The lowest BCUT2D eigenvalue weighted by Gasteiger charge is -2.37. The molecule has 0 saturated carbocycles. The van der Waals surface area contributed by atoms with Crippen molar-refractivity contribution >= 4 is 23.9 Å². The summed E-state index contributed by atoms with van der Waals surface area (Å²) < 4.78 is 17.7. The lowest BCUT2D eigenvalue weighted by Crippen LogP contribution is -2.49. The van der Waals surface area contributed by atoms with Gasteiger partial charge in [-0.2, -0.15) is 11.8 Å². The van der Waals surface area contributed by atoms with Crippen molar-refractivity contribution in [2.24, 2.45) is 0 Å². The Labute approximate surface area is 298 Å². The number of carbonyl (C=O) groups excluding carboxylic acids is 2. The molecule has 2 aromatic carbocycles. The van der Waals surface area contributed by atoms with Gasteiger partial charge in [0.05, 0.1) is 29.8 Å². The van der Waals surface area contributed by atoms with E-state index in [0.717, 1.165) is 59.8 Å². The number of imidazole rings is 2. The molecule has 2 aliphatic rings. The Balaban J connectivity index is 1.14. The van der Waals surface area contributed by atoms with Crippen molar-refractivity contribution in [3.8, 4) is 34.0 Å². The van der Waals surface area contributed by atoms with Gasteiger partial charge in [-0.25, -0.2) is 19.6 Å². The van der Waals surface area contributed by atoms with Crippen molar-refractivity contribution < 1.29 is 23.8 Å². The van der Waals surface area contributed by atoms with E-state index in [1.54, 1.807) is 22.9 Å². The number of rotatable bonds is 8. The minimum absolute atomic E-state index is 0.141. The second-order valence-electron chi connectivity index (χ2n) is 15.0. The first kappa shape index (κ1) is 35.4. The van der Waals surface area contributed by atoms with Crippen LogP contribution in [0.1, 0.15) is 84.9 Å². The summed E-state index contributed by atoms with van der Waals surface area (Å²) >= 11 is 1.70. The number of likely N-dealkylation sites (tertiary alicyclic amines) is 2. The summed E-state index contributed by atoms with van der Waals surface area (Å²) in [4.78, 5) is 46.1. The van der Waals surface area contributed by atoms with Crippen LogP contribution in [0.5, 0.6) is 11.5 Å². The Bertz CT molecular complexity index is 1810. The van der Waals surface area contributed by atoms with Gasteiger partial charge in [0.2, 0.25) is 0 Å². The molecule has 4 aromatic rings. The number of nitrogens with zero attached hydrogens (tertiary/aromatic N) is 4. The van der Waals surface area contributed by atoms with Crippen LogP contribution >= 0.6 is 11.8 Å². The fourth-order valence-corrected chi connectivity index (χ4v) is 7.59. The molecular weight excluding hydrogens is 653 g/mol. The molecule has 2 amide bonds. The average Bonchev–Trinajstić information content (AvgIpc) is 3.86. The smallest absolute Gasteiger partial charge is 0.411 e. The highest BCUT2D eigenvalue weighted by Gasteiger charge is 2.48. The van der Waals surface area contributed by atoms with Crippen LogP contribution in [-0.4, -0.2) is 78.2 Å². The number of H-pyrrole nitrogens is 2. The summed E-state index contributed by atoms with van der Waals surface area (Å²) in [6.07, 6.45) is 8.49. The molecule has 12 heteroatoms. The van der Waals surface area contributed by atoms with E-state index in [-0.39, 0.29) is 18.2 Å². The van der Waals surface area contributed by atoms with Crippen molar-refractivity contribution in [2.45, 2.75) is 90.0 Å². The zero-order valence-electron chi connectivity index (χ0n) is 30.0. The lowest BCUT2D eigenvalue weighted by molar-refractivity contribution is 0.00938. The first-order chi connectivity index (χ1) is 23.7. The summed E-state index contributed by atoms with van der Waals surface area (Å²) in [6, 6.07) is 15.6. The molecule has 2 unspecified atom stereocenters. The van der Waals surface area contributed by atoms with Gasteiger partial charge in [0.15, 0.2) is 0 Å². The van der Waals surface area contributed by atoms with Crippen molar-refractivity contribution in [2.75, 3.05) is 25.1 Å². The number of ether oxygens (including phenoxy) is 3. The predicted molar refractivity (Wildman–Crippen MR) is 195 cm³/mol. The number of aromatic amines is 2. The average molecular weight is 701 g/mol. The van der Waals surface area contributed by atoms with Gasteiger partial charge >= 0.3 is 12.2 Å². The van der Waals surface area contributed by atoms with Crippen molar-refractivity contribution in [3.63, 3.8) is 0 Å². The summed E-state index contributed by atoms with van der Waals surface area (Å²) in [6.45, 7) is 12.6. The molecule has 6 rings (SSSR count). The minimum Gasteiger partial charge on any atom is -0.457 e. The molecule has 0 bridgehead atoms. The Kier molecular flexibility index (Phi) is 9.94. The van der Waals surface area contributed by atoms with Gasteiger partial charge in [-0.15, -0.1) is 0 Å². The summed E-state index contributed by atoms with van der Waals surface area (Å²) in [5.74, 6) is 3.62. The highest BCUT2D eigenvalue weighted by Crippen LogP contribution is 2.42. The number of nitrogens with one attached hydrogen (secondary N) is 2. The quantitative estimate of drug-likeness (QED) is 0.187. The summed E-state index contributed by atoms with van der Waals surface area (Å²) in [5, 5.41) is 0. The van der Waals surface area contributed by atoms with Gasteiger partial charge < -0.3 is 24.2 Å². The second-order valence-corrected chi connectivity index (χ2v) is 15.9. The largest absolute Gasteiger partial charge is 0.457 e. The highest BCUT2D eigenvalue weighted by atomic mass is 32.2. The molecule has 2 fully saturated rings. The maximum absolute atomic E-state index is 13.3. The molecule has 2 saturated heterocycles. The first-order valence-electron chi connectivity index (χ1n) is 17.2. The van der Waals surface area contributed by atoms with Gasteiger partial charge in [-0.3, -0.25) is 9.80 Å². The van der Waals surface area contributed by atoms with Crippen LogP contribution in [0, 0.1) is 0 Å². The molecule has 0 radical (unpaired) electrons. The number of amides is 2. The van der Waals surface area contributed by atoms with Crippen LogP contribution in [-0.2, 0) is 15.0 Å². The number of benzene rings is 2. The molecule has 2 atom stereocenters. The Morgan fingerprint density at radius 1 is 0.860 bits per heavy atom. The Morgan fingerprint density at radius 2 is 1.56 bits per heavy atom. The van der Waals surface area contributed by atoms with E-state index in [1.807, 2.05) is 101 Å². The minimum atomic E-state index is -0.579. The Morgan fingerprint density at radius 3 is 2.28 bits per heavy atom. The molecule has 2 aliphatic heterocycles. The summed E-state index contributed by atoms with van der Waals surface area (Å²) in [5.41, 5.74) is 1.90. The van der Waals surface area contributed by atoms with E-state index >= 15 is 0 Å². The van der Waals surface area contributed by atoms with Gasteiger partial charge in [0, 0.05) is 24.4 Å². The SMILES string of the molecule is CSCC1(c2ncc(-c3cccc(Oc4ccc(-c5cnc(C6CCCN6C(=O)OC(C)(C)C)[nH]5)cc4)c3)[nH]2)CCCN1C(=O)OC(C)(C)C. The fraction of sp³-hybridized carbons (Fsp3) is 0.474. The number of hydrogen-bond acceptors (Lipinski definition) is 8. The van der Waals surface area contributed by atoms with Crippen LogP contribution in [0.4, 0.5) is 9.59 Å². The molecule has 266 valence electrons. The first-order valence-corrected chi connectivity index (χ1v) is 18.6. The predicted octanol–water partition coefficient (Wildman–Crippen LogP) is 8.92. The van der Waals surface area contributed by atoms with Gasteiger partial charge in [0.1, 0.15) is 39.9 Å². The molecular formula is C38H48N6O5S. The number of aromatic nitrogens is 4. The van der Waals surface area contributed by atoms with Crippen molar-refractivity contribution in [1.29, 1.82) is 0 Å². The third-order valence-electron chi connectivity index (χ3n) is 8.84. The molecule has 2 N–H and O–H groups in total. The standard InChI is InChI=1S/C38H48N6O5S/c1-36(2,3)48-34(45)43-19-9-13-31(43)32-39-22-29(41-32)25-14-16-27(17-15-25)47-28-12-8-11-26(21-28)30-23-40-33(42-30)38(24-50-7)18-10-20-44(38)35(46)49-37(4,5)6/h8,11-12,14-17,21-23,31H,9-10,13,18-20,24H2,1-7H3,(H,39,41)(H,40,42). The van der Waals surface area contributed by atoms with Crippen molar-refractivity contribution in [1.82, 2.24) is 29.7 Å². The molecule has 0 spiro atoms. The van der Waals surface area contributed by atoms with Crippen molar-refractivity contribution in [3.05, 3.63) is 72.6 Å². The van der Waals surface area contributed by atoms with Crippen LogP contribution in [0.15, 0.2) is 60.9 Å². The molecule has 50 heavy (non-hydrogen) atoms. The Hall–Kier alpha value is -4.45. The van der Waals surface area contributed by atoms with Crippen LogP contribution in [0.3, 0.4) is 0 Å². The van der Waals surface area contributed by atoms with Crippen LogP contribution < -0.4 is 4.74 Å². The van der Waals surface area contributed by atoms with Gasteiger partial charge in [-0.05, 0) is 115 Å². The molecule has 4 heterocycles. The third kappa shape index (κ3) is 7.80. The second kappa shape index (κ2) is 14.0. The number of hydrogen-bond donors (Lipinski definition) is 2. The van der Waals surface area contributed by atoms with E-state index < -0.39 is 16.7 Å². The normalized spacial score (nSPS) is 19.5. The maximum Gasteiger partial charge on any atom is 0.411 e. The number of carbonyl (C=O) groups is 2. The maximum atomic E-state index is 13.3. The fourth-order valence-electron chi connectivity index (χ4n) is 6.68. The van der Waals surface area contributed by atoms with E-state index in [2.05, 4.69) is 21.2 Å². The van der Waals surface area contributed by atoms with Crippen LogP contribution in [0.25, 0.3) is 22.5 Å². The lowest BCUT2D eigenvalue weighted by atomic mass is 9.98. The van der Waals surface area contributed by atoms with E-state index in [0.29, 0.717) is 30.3 Å². The zero-order valence-corrected chi connectivity index (χ0v) is 30.9. The number of thioether (sulfide) groups is 1. The van der Waals surface area contributed by atoms with E-state index in [1.165, 1.54) is 0 Å². The van der Waals surface area contributed by atoms with E-state index in [9.17, 15) is 9.59 Å². The van der Waals surface area contributed by atoms with E-state index in [4.69, 9.17) is 19.2 Å². The van der Waals surface area contributed by atoms with Gasteiger partial charge in [-0.1, -0.05) is 12.1 Å². The summed E-state index contributed by atoms with van der Waals surface area (Å²) in [7, 11) is 0. The zero-order chi connectivity index (χ0) is 35.7. The molecule has 11 nitrogen and oxygen atoms in total. The van der Waals surface area contributed by atoms with Gasteiger partial charge in [0.25, 0.3) is 0 Å². The topological polar surface area (TPSA) is 126 Å². The highest BCUT2D eigenvalue weighted by molar-refractivity contribution is 7.98. The third-order valence-corrected chi connectivity index (χ3v) is 9.61. The van der Waals surface area contributed by atoms with Crippen LogP contribution in [0.2, 0.25) is 0 Å². The molecule has 0 aliphatic carbocycles. The molecule has 2 aromatic heterocycles. The monoisotopic (exact) mass is 700 g/mol.